The van der Waals surface area contributed by atoms with Gasteiger partial charge in [0.05, 0.1) is 12.3 Å². The van der Waals surface area contributed by atoms with Gasteiger partial charge in [0, 0.05) is 12.2 Å². The number of amides is 3. The van der Waals surface area contributed by atoms with Crippen molar-refractivity contribution in [2.45, 2.75) is 33.2 Å². The highest BCUT2D eigenvalue weighted by Gasteiger charge is 2.36. The smallest absolute Gasteiger partial charge is 0.273 e. The third kappa shape index (κ3) is 6.19. The minimum absolute atomic E-state index is 0.0265. The van der Waals surface area contributed by atoms with Crippen molar-refractivity contribution in [1.82, 2.24) is 9.69 Å². The summed E-state index contributed by atoms with van der Waals surface area (Å²) in [6.07, 6.45) is 0.783. The number of ether oxygens (including phenoxy) is 1. The van der Waals surface area contributed by atoms with Crippen molar-refractivity contribution in [2.24, 2.45) is 11.7 Å². The zero-order chi connectivity index (χ0) is 26.2. The number of aromatic nitrogens is 1. The summed E-state index contributed by atoms with van der Waals surface area (Å²) in [5.41, 5.74) is 12.2. The number of nitrogens with zero attached hydrogens (tertiary/aromatic N) is 2. The summed E-state index contributed by atoms with van der Waals surface area (Å²) in [6.45, 7) is 6.97. The van der Waals surface area contributed by atoms with Crippen LogP contribution in [0.25, 0.3) is 0 Å². The van der Waals surface area contributed by atoms with Crippen LogP contribution in [0.15, 0.2) is 54.6 Å². The molecule has 0 aliphatic rings. The van der Waals surface area contributed by atoms with E-state index < -0.39 is 17.9 Å². The van der Waals surface area contributed by atoms with Crippen molar-refractivity contribution >= 4 is 40.6 Å². The number of hydrogen-bond acceptors (Lipinski definition) is 7. The molecule has 1 heterocycles. The van der Waals surface area contributed by atoms with E-state index in [0.717, 1.165) is 18.0 Å². The predicted molar refractivity (Wildman–Crippen MR) is 141 cm³/mol. The number of hydrogen-bond donors (Lipinski definition) is 3. The van der Waals surface area contributed by atoms with Crippen LogP contribution in [-0.4, -0.2) is 35.2 Å². The minimum atomic E-state index is -1.03. The van der Waals surface area contributed by atoms with E-state index in [1.165, 1.54) is 4.90 Å². The SMILES string of the molecule is CCOc1ccc(C(C(=O)NCCC(C)C)N(C(=O)c2snc(C(N)=O)c2N)c2ccccc2)cc1. The fraction of sp³-hybridized carbons (Fsp3) is 0.308. The van der Waals surface area contributed by atoms with Crippen molar-refractivity contribution in [3.63, 3.8) is 0 Å². The third-order valence-corrected chi connectivity index (χ3v) is 6.29. The Bertz CT molecular complexity index is 1190. The van der Waals surface area contributed by atoms with Crippen LogP contribution in [-0.2, 0) is 4.79 Å². The first-order valence-corrected chi connectivity index (χ1v) is 12.5. The molecular weight excluding hydrogens is 478 g/mol. The van der Waals surface area contributed by atoms with E-state index >= 15 is 0 Å². The van der Waals surface area contributed by atoms with E-state index in [9.17, 15) is 14.4 Å². The van der Waals surface area contributed by atoms with Gasteiger partial charge in [0.2, 0.25) is 5.91 Å². The van der Waals surface area contributed by atoms with Crippen LogP contribution in [0.2, 0.25) is 0 Å². The average molecular weight is 510 g/mol. The Hall–Kier alpha value is -3.92. The maximum atomic E-state index is 13.9. The molecular formula is C26H31N5O4S. The molecule has 0 spiro atoms. The molecule has 5 N–H and O–H groups in total. The van der Waals surface area contributed by atoms with Crippen molar-refractivity contribution in [2.75, 3.05) is 23.8 Å². The van der Waals surface area contributed by atoms with Gasteiger partial charge in [0.15, 0.2) is 5.69 Å². The standard InChI is InChI=1S/C26H31N5O4S/c1-4-35-19-12-10-17(11-13-19)22(25(33)29-15-14-16(2)3)31(18-8-6-5-7-9-18)26(34)23-20(27)21(24(28)32)30-36-23/h5-13,16,22H,4,14-15,27H2,1-3H3,(H2,28,32)(H,29,33). The molecule has 10 heteroatoms. The lowest BCUT2D eigenvalue weighted by Gasteiger charge is -2.31. The van der Waals surface area contributed by atoms with Gasteiger partial charge in [-0.25, -0.2) is 0 Å². The number of carbonyl (C=O) groups is 3. The highest BCUT2D eigenvalue weighted by molar-refractivity contribution is 7.09. The molecule has 2 aromatic carbocycles. The van der Waals surface area contributed by atoms with Crippen LogP contribution in [0.3, 0.4) is 0 Å². The Morgan fingerprint density at radius 3 is 2.31 bits per heavy atom. The number of nitrogens with one attached hydrogen (secondary N) is 1. The molecule has 0 saturated carbocycles. The number of para-hydroxylation sites is 1. The molecule has 3 aromatic rings. The quantitative estimate of drug-likeness (QED) is 0.359. The second kappa shape index (κ2) is 12.2. The summed E-state index contributed by atoms with van der Waals surface area (Å²) in [6, 6.07) is 14.8. The molecule has 0 radical (unpaired) electrons. The van der Waals surface area contributed by atoms with Crippen molar-refractivity contribution in [3.8, 4) is 5.75 Å². The Morgan fingerprint density at radius 1 is 1.08 bits per heavy atom. The summed E-state index contributed by atoms with van der Waals surface area (Å²) < 4.78 is 9.52. The van der Waals surface area contributed by atoms with E-state index in [1.807, 2.05) is 13.0 Å². The van der Waals surface area contributed by atoms with Gasteiger partial charge in [-0.15, -0.1) is 0 Å². The van der Waals surface area contributed by atoms with E-state index in [1.54, 1.807) is 48.5 Å². The highest BCUT2D eigenvalue weighted by atomic mass is 32.1. The van der Waals surface area contributed by atoms with Crippen molar-refractivity contribution in [3.05, 3.63) is 70.7 Å². The van der Waals surface area contributed by atoms with Gasteiger partial charge in [-0.2, -0.15) is 4.37 Å². The summed E-state index contributed by atoms with van der Waals surface area (Å²) in [5, 5.41) is 2.97. The molecule has 0 aliphatic heterocycles. The first-order chi connectivity index (χ1) is 17.2. The number of rotatable bonds is 11. The normalized spacial score (nSPS) is 11.7. The maximum absolute atomic E-state index is 13.9. The Balaban J connectivity index is 2.12. The summed E-state index contributed by atoms with van der Waals surface area (Å²) in [4.78, 5) is 40.7. The van der Waals surface area contributed by atoms with Gasteiger partial charge in [-0.1, -0.05) is 44.2 Å². The minimum Gasteiger partial charge on any atom is -0.494 e. The molecule has 36 heavy (non-hydrogen) atoms. The van der Waals surface area contributed by atoms with Gasteiger partial charge in [-0.05, 0) is 60.6 Å². The zero-order valence-electron chi connectivity index (χ0n) is 20.6. The molecule has 1 atom stereocenters. The van der Waals surface area contributed by atoms with Gasteiger partial charge in [-0.3, -0.25) is 19.3 Å². The van der Waals surface area contributed by atoms with Crippen molar-refractivity contribution in [1.29, 1.82) is 0 Å². The van der Waals surface area contributed by atoms with Crippen molar-refractivity contribution < 1.29 is 19.1 Å². The molecule has 0 aliphatic carbocycles. The first-order valence-electron chi connectivity index (χ1n) is 11.7. The van der Waals surface area contributed by atoms with Crippen LogP contribution in [0, 0.1) is 5.92 Å². The van der Waals surface area contributed by atoms with Gasteiger partial charge in [0.1, 0.15) is 16.7 Å². The van der Waals surface area contributed by atoms with Crippen LogP contribution < -0.4 is 26.4 Å². The van der Waals surface area contributed by atoms with Crippen LogP contribution in [0.5, 0.6) is 5.75 Å². The summed E-state index contributed by atoms with van der Waals surface area (Å²) in [5.74, 6) is -0.707. The van der Waals surface area contributed by atoms with Gasteiger partial charge in [0.25, 0.3) is 11.8 Å². The largest absolute Gasteiger partial charge is 0.494 e. The average Bonchev–Trinajstić information content (AvgIpc) is 3.24. The zero-order valence-corrected chi connectivity index (χ0v) is 21.4. The maximum Gasteiger partial charge on any atom is 0.273 e. The Labute approximate surface area is 214 Å². The lowest BCUT2D eigenvalue weighted by atomic mass is 10.0. The molecule has 9 nitrogen and oxygen atoms in total. The number of anilines is 2. The van der Waals surface area contributed by atoms with Crippen LogP contribution >= 0.6 is 11.5 Å². The lowest BCUT2D eigenvalue weighted by Crippen LogP contribution is -2.44. The molecule has 0 bridgehead atoms. The second-order valence-electron chi connectivity index (χ2n) is 8.53. The van der Waals surface area contributed by atoms with E-state index in [0.29, 0.717) is 36.1 Å². The number of nitrogen functional groups attached to an aromatic ring is 1. The monoisotopic (exact) mass is 509 g/mol. The number of carbonyl (C=O) groups excluding carboxylic acids is 3. The Morgan fingerprint density at radius 2 is 1.75 bits per heavy atom. The molecule has 190 valence electrons. The fourth-order valence-electron chi connectivity index (χ4n) is 3.62. The molecule has 1 unspecified atom stereocenters. The molecule has 0 fully saturated rings. The second-order valence-corrected chi connectivity index (χ2v) is 9.30. The predicted octanol–water partition coefficient (Wildman–Crippen LogP) is 3.77. The number of nitrogens with two attached hydrogens (primary N) is 2. The van der Waals surface area contributed by atoms with Gasteiger partial charge >= 0.3 is 0 Å². The number of primary amides is 1. The molecule has 0 saturated heterocycles. The van der Waals surface area contributed by atoms with E-state index in [4.69, 9.17) is 16.2 Å². The molecule has 1 aromatic heterocycles. The topological polar surface area (TPSA) is 141 Å². The molecule has 3 amide bonds. The lowest BCUT2D eigenvalue weighted by molar-refractivity contribution is -0.122. The third-order valence-electron chi connectivity index (χ3n) is 5.44. The van der Waals surface area contributed by atoms with E-state index in [2.05, 4.69) is 23.5 Å². The first kappa shape index (κ1) is 26.7. The fourth-order valence-corrected chi connectivity index (χ4v) is 4.36. The van der Waals surface area contributed by atoms with Crippen LogP contribution in [0.4, 0.5) is 11.4 Å². The summed E-state index contributed by atoms with van der Waals surface area (Å²) >= 11 is 0.772. The number of benzene rings is 2. The highest BCUT2D eigenvalue weighted by Crippen LogP contribution is 2.33. The Kier molecular flexibility index (Phi) is 9.02. The molecule has 3 rings (SSSR count). The van der Waals surface area contributed by atoms with Crippen LogP contribution in [0.1, 0.15) is 59.0 Å². The summed E-state index contributed by atoms with van der Waals surface area (Å²) in [7, 11) is 0. The van der Waals surface area contributed by atoms with E-state index in [-0.39, 0.29) is 22.2 Å². The van der Waals surface area contributed by atoms with Gasteiger partial charge < -0.3 is 21.5 Å².